The Morgan fingerprint density at radius 2 is 2.09 bits per heavy atom. The average molecular weight is 303 g/mol. The molecule has 2 aromatic rings. The van der Waals surface area contributed by atoms with Gasteiger partial charge in [0.05, 0.1) is 10.9 Å². The van der Waals surface area contributed by atoms with Crippen molar-refractivity contribution in [1.82, 2.24) is 9.88 Å². The number of nitrogens with one attached hydrogen (secondary N) is 1. The Labute approximate surface area is 126 Å². The van der Waals surface area contributed by atoms with Crippen LogP contribution in [0.25, 0.3) is 10.9 Å². The van der Waals surface area contributed by atoms with Crippen LogP contribution in [-0.4, -0.2) is 27.6 Å². The minimum absolute atomic E-state index is 0.132. The van der Waals surface area contributed by atoms with E-state index in [9.17, 15) is 14.4 Å². The van der Waals surface area contributed by atoms with Crippen molar-refractivity contribution in [1.29, 1.82) is 0 Å². The largest absolute Gasteiger partial charge is 0.480 e. The van der Waals surface area contributed by atoms with Gasteiger partial charge in [0.25, 0.3) is 5.91 Å². The molecule has 0 saturated heterocycles. The summed E-state index contributed by atoms with van der Waals surface area (Å²) < 4.78 is 1.61. The Bertz CT molecular complexity index is 810. The Hall–Kier alpha value is -2.83. The van der Waals surface area contributed by atoms with Crippen LogP contribution in [0, 0.1) is 0 Å². The summed E-state index contributed by atoms with van der Waals surface area (Å²) in [5, 5.41) is 11.6. The van der Waals surface area contributed by atoms with Gasteiger partial charge in [0.1, 0.15) is 11.6 Å². The van der Waals surface area contributed by atoms with Crippen molar-refractivity contribution in [2.24, 2.45) is 7.05 Å². The maximum atomic E-state index is 12.5. The van der Waals surface area contributed by atoms with E-state index in [-0.39, 0.29) is 23.1 Å². The van der Waals surface area contributed by atoms with E-state index in [0.29, 0.717) is 5.52 Å². The fraction of sp³-hybridized carbons (Fsp3) is 0.267. The number of benzene rings is 1. The number of pyridine rings is 1. The van der Waals surface area contributed by atoms with E-state index >= 15 is 0 Å². The molecule has 1 aromatic heterocycles. The maximum absolute atomic E-state index is 12.5. The molecule has 0 spiro atoms. The quantitative estimate of drug-likeness (QED) is 0.720. The first-order chi connectivity index (χ1) is 10.4. The summed E-state index contributed by atoms with van der Waals surface area (Å²) in [6.07, 6.45) is 1.60. The van der Waals surface area contributed by atoms with Crippen LogP contribution < -0.4 is 16.5 Å². The number of amides is 1. The zero-order valence-electron chi connectivity index (χ0n) is 12.3. The molecule has 1 aromatic carbocycles. The lowest BCUT2D eigenvalue weighted by atomic mass is 10.1. The van der Waals surface area contributed by atoms with Crippen LogP contribution in [0.3, 0.4) is 0 Å². The molecule has 0 aliphatic carbocycles. The van der Waals surface area contributed by atoms with Crippen LogP contribution in [0.15, 0.2) is 29.2 Å². The topological polar surface area (TPSA) is 114 Å². The number of nitrogens with two attached hydrogens (primary N) is 1. The minimum Gasteiger partial charge on any atom is -0.480 e. The van der Waals surface area contributed by atoms with Gasteiger partial charge in [0, 0.05) is 18.9 Å². The summed E-state index contributed by atoms with van der Waals surface area (Å²) in [4.78, 5) is 35.7. The summed E-state index contributed by atoms with van der Waals surface area (Å²) in [5.41, 5.74) is 6.07. The predicted molar refractivity (Wildman–Crippen MR) is 82.8 cm³/mol. The fourth-order valence-electron chi connectivity index (χ4n) is 2.29. The van der Waals surface area contributed by atoms with Crippen molar-refractivity contribution in [3.63, 3.8) is 0 Å². The number of fused-ring (bicyclic) bond motifs is 1. The number of hydrogen-bond donors (Lipinski definition) is 3. The molecule has 1 unspecified atom stereocenters. The molecule has 0 fully saturated rings. The molecule has 7 nitrogen and oxygen atoms in total. The number of carboxylic acid groups (broad SMARTS) is 1. The number of carbonyl (C=O) groups is 2. The normalized spacial score (nSPS) is 12.1. The smallest absolute Gasteiger partial charge is 0.326 e. The van der Waals surface area contributed by atoms with E-state index in [2.05, 4.69) is 5.32 Å². The van der Waals surface area contributed by atoms with Crippen molar-refractivity contribution in [3.05, 3.63) is 40.2 Å². The molecule has 0 radical (unpaired) electrons. The Kier molecular flexibility index (Phi) is 4.16. The zero-order chi connectivity index (χ0) is 16.4. The van der Waals surface area contributed by atoms with Crippen LogP contribution in [0.4, 0.5) is 5.69 Å². The van der Waals surface area contributed by atoms with Gasteiger partial charge in [-0.15, -0.1) is 0 Å². The minimum atomic E-state index is -1.15. The standard InChI is InChI=1S/C15H17N3O4/c1-3-10(15(21)22)17-14(20)8-7-18(2)11-6-4-5-9(16)12(11)13(8)19/h4-7,10H,3,16H2,1-2H3,(H,17,20)(H,21,22). The highest BCUT2D eigenvalue weighted by Crippen LogP contribution is 2.17. The van der Waals surface area contributed by atoms with Gasteiger partial charge in [-0.05, 0) is 18.6 Å². The van der Waals surface area contributed by atoms with Gasteiger partial charge >= 0.3 is 5.97 Å². The second-order valence-electron chi connectivity index (χ2n) is 5.00. The van der Waals surface area contributed by atoms with E-state index in [1.807, 2.05) is 0 Å². The third-order valence-electron chi connectivity index (χ3n) is 3.51. The lowest BCUT2D eigenvalue weighted by Gasteiger charge is -2.14. The third-order valence-corrected chi connectivity index (χ3v) is 3.51. The number of aromatic nitrogens is 1. The summed E-state index contributed by atoms with van der Waals surface area (Å²) in [7, 11) is 1.69. The monoisotopic (exact) mass is 303 g/mol. The third kappa shape index (κ3) is 2.65. The number of carbonyl (C=O) groups excluding carboxylic acids is 1. The average Bonchev–Trinajstić information content (AvgIpc) is 2.47. The molecule has 4 N–H and O–H groups in total. The number of hydrogen-bond acceptors (Lipinski definition) is 4. The number of nitrogens with zero attached hydrogens (tertiary/aromatic N) is 1. The molecule has 0 saturated carbocycles. The Morgan fingerprint density at radius 3 is 2.68 bits per heavy atom. The highest BCUT2D eigenvalue weighted by Gasteiger charge is 2.21. The van der Waals surface area contributed by atoms with Crippen molar-refractivity contribution in [2.75, 3.05) is 5.73 Å². The van der Waals surface area contributed by atoms with Crippen LogP contribution >= 0.6 is 0 Å². The van der Waals surface area contributed by atoms with Crippen molar-refractivity contribution < 1.29 is 14.7 Å². The molecule has 7 heteroatoms. The molecule has 0 aliphatic heterocycles. The lowest BCUT2D eigenvalue weighted by Crippen LogP contribution is -2.42. The van der Waals surface area contributed by atoms with Crippen molar-refractivity contribution >= 4 is 28.5 Å². The molecule has 2 rings (SSSR count). The van der Waals surface area contributed by atoms with Gasteiger partial charge < -0.3 is 20.7 Å². The summed E-state index contributed by atoms with van der Waals surface area (Å²) in [6.45, 7) is 1.63. The fourth-order valence-corrected chi connectivity index (χ4v) is 2.29. The maximum Gasteiger partial charge on any atom is 0.326 e. The molecular weight excluding hydrogens is 286 g/mol. The molecule has 0 aliphatic rings. The summed E-state index contributed by atoms with van der Waals surface area (Å²) in [6, 6.07) is 3.98. The van der Waals surface area contributed by atoms with Crippen molar-refractivity contribution in [2.45, 2.75) is 19.4 Å². The number of aliphatic carboxylic acids is 1. The van der Waals surface area contributed by atoms with Crippen molar-refractivity contribution in [3.8, 4) is 0 Å². The molecular formula is C15H17N3O4. The Morgan fingerprint density at radius 1 is 1.41 bits per heavy atom. The number of rotatable bonds is 4. The van der Waals surface area contributed by atoms with Gasteiger partial charge in [0.15, 0.2) is 0 Å². The van der Waals surface area contributed by atoms with Gasteiger partial charge in [-0.2, -0.15) is 0 Å². The molecule has 0 bridgehead atoms. The lowest BCUT2D eigenvalue weighted by molar-refractivity contribution is -0.139. The molecule has 1 atom stereocenters. The van der Waals surface area contributed by atoms with E-state index in [0.717, 1.165) is 0 Å². The molecule has 1 heterocycles. The van der Waals surface area contributed by atoms with E-state index < -0.39 is 23.3 Å². The van der Waals surface area contributed by atoms with E-state index in [1.165, 1.54) is 6.20 Å². The molecule has 116 valence electrons. The zero-order valence-corrected chi connectivity index (χ0v) is 12.3. The number of aryl methyl sites for hydroxylation is 1. The van der Waals surface area contributed by atoms with Gasteiger partial charge in [-0.3, -0.25) is 9.59 Å². The van der Waals surface area contributed by atoms with Crippen LogP contribution in [0.1, 0.15) is 23.7 Å². The number of nitrogen functional groups attached to an aromatic ring is 1. The number of anilines is 1. The van der Waals surface area contributed by atoms with E-state index in [1.54, 1.807) is 36.7 Å². The van der Waals surface area contributed by atoms with Gasteiger partial charge in [-0.25, -0.2) is 4.79 Å². The molecule has 22 heavy (non-hydrogen) atoms. The summed E-state index contributed by atoms with van der Waals surface area (Å²) in [5.74, 6) is -1.87. The summed E-state index contributed by atoms with van der Waals surface area (Å²) >= 11 is 0. The highest BCUT2D eigenvalue weighted by molar-refractivity contribution is 6.01. The highest BCUT2D eigenvalue weighted by atomic mass is 16.4. The second kappa shape index (κ2) is 5.88. The predicted octanol–water partition coefficient (Wildman–Crippen LogP) is 0.714. The first kappa shape index (κ1) is 15.6. The van der Waals surface area contributed by atoms with Gasteiger partial charge in [-0.1, -0.05) is 13.0 Å². The Balaban J connectivity index is 2.55. The van der Waals surface area contributed by atoms with Crippen LogP contribution in [0.5, 0.6) is 0 Å². The first-order valence-corrected chi connectivity index (χ1v) is 6.78. The van der Waals surface area contributed by atoms with E-state index in [4.69, 9.17) is 10.8 Å². The second-order valence-corrected chi connectivity index (χ2v) is 5.00. The van der Waals surface area contributed by atoms with Crippen LogP contribution in [0.2, 0.25) is 0 Å². The SMILES string of the molecule is CCC(NC(=O)c1cn(C)c2cccc(N)c2c1=O)C(=O)O. The molecule has 1 amide bonds. The first-order valence-electron chi connectivity index (χ1n) is 6.78. The van der Waals surface area contributed by atoms with Gasteiger partial charge in [0.2, 0.25) is 5.43 Å². The number of carboxylic acids is 1. The van der Waals surface area contributed by atoms with Crippen LogP contribution in [-0.2, 0) is 11.8 Å².